The van der Waals surface area contributed by atoms with Gasteiger partial charge < -0.3 is 4.90 Å². The number of benzene rings is 1. The van der Waals surface area contributed by atoms with Crippen LogP contribution in [0, 0.1) is 0 Å². The van der Waals surface area contributed by atoms with Gasteiger partial charge in [0.25, 0.3) is 5.91 Å². The summed E-state index contributed by atoms with van der Waals surface area (Å²) in [5, 5.41) is 0. The summed E-state index contributed by atoms with van der Waals surface area (Å²) in [6.07, 6.45) is -1.27. The van der Waals surface area contributed by atoms with E-state index in [-0.39, 0.29) is 10.0 Å². The Balaban J connectivity index is 2.91. The van der Waals surface area contributed by atoms with E-state index in [2.05, 4.69) is 22.5 Å². The summed E-state index contributed by atoms with van der Waals surface area (Å²) in [7, 11) is 1.57. The number of amides is 1. The van der Waals surface area contributed by atoms with Crippen LogP contribution in [0.3, 0.4) is 0 Å². The molecule has 0 aromatic heterocycles. The van der Waals surface area contributed by atoms with Crippen molar-refractivity contribution in [1.82, 2.24) is 4.90 Å². The molecule has 0 saturated carbocycles. The Bertz CT molecular complexity index is 500. The first kappa shape index (κ1) is 16.8. The van der Waals surface area contributed by atoms with Crippen molar-refractivity contribution >= 4 is 21.8 Å². The van der Waals surface area contributed by atoms with E-state index >= 15 is 0 Å². The normalized spacial score (nSPS) is 11.2. The molecule has 0 N–H and O–H groups in total. The van der Waals surface area contributed by atoms with Crippen molar-refractivity contribution in [3.05, 3.63) is 46.5 Å². The maximum Gasteiger partial charge on any atom is 0.417 e. The molecule has 1 aromatic rings. The van der Waals surface area contributed by atoms with Crippen molar-refractivity contribution in [2.24, 2.45) is 0 Å². The number of alkyl halides is 3. The third-order valence-corrected chi connectivity index (χ3v) is 3.46. The van der Waals surface area contributed by atoms with Gasteiger partial charge in [0.2, 0.25) is 0 Å². The molecular formula is C14H15BrF3NO. The summed E-state index contributed by atoms with van der Waals surface area (Å²) < 4.78 is 38.3. The minimum atomic E-state index is -4.49. The Labute approximate surface area is 124 Å². The zero-order chi connectivity index (χ0) is 15.3. The Morgan fingerprint density at radius 3 is 2.65 bits per heavy atom. The number of hydrogen-bond donors (Lipinski definition) is 0. The Morgan fingerprint density at radius 1 is 1.45 bits per heavy atom. The van der Waals surface area contributed by atoms with Crippen LogP contribution in [0.15, 0.2) is 35.3 Å². The van der Waals surface area contributed by atoms with Gasteiger partial charge >= 0.3 is 6.18 Å². The smallest absolute Gasteiger partial charge is 0.342 e. The number of carbonyl (C=O) groups is 1. The van der Waals surface area contributed by atoms with Crippen LogP contribution in [0.5, 0.6) is 0 Å². The lowest BCUT2D eigenvalue weighted by Gasteiger charge is -2.18. The molecule has 110 valence electrons. The van der Waals surface area contributed by atoms with Gasteiger partial charge in [0.05, 0.1) is 5.56 Å². The van der Waals surface area contributed by atoms with E-state index in [0.29, 0.717) is 6.54 Å². The molecular weight excluding hydrogens is 335 g/mol. The van der Waals surface area contributed by atoms with E-state index in [1.807, 2.05) is 0 Å². The van der Waals surface area contributed by atoms with Gasteiger partial charge in [-0.25, -0.2) is 0 Å². The second-order valence-electron chi connectivity index (χ2n) is 4.35. The van der Waals surface area contributed by atoms with Crippen LogP contribution < -0.4 is 0 Å². The molecule has 6 heteroatoms. The third kappa shape index (κ3) is 4.37. The second kappa shape index (κ2) is 6.92. The summed E-state index contributed by atoms with van der Waals surface area (Å²) in [4.78, 5) is 13.5. The van der Waals surface area contributed by atoms with Crippen LogP contribution in [0.2, 0.25) is 0 Å². The van der Waals surface area contributed by atoms with Crippen molar-refractivity contribution in [3.8, 4) is 0 Å². The highest BCUT2D eigenvalue weighted by Gasteiger charge is 2.33. The van der Waals surface area contributed by atoms with Crippen LogP contribution in [-0.2, 0) is 6.18 Å². The predicted molar refractivity (Wildman–Crippen MR) is 75.5 cm³/mol. The zero-order valence-electron chi connectivity index (χ0n) is 11.0. The number of halogens is 4. The second-order valence-corrected chi connectivity index (χ2v) is 5.20. The highest BCUT2D eigenvalue weighted by atomic mass is 79.9. The number of rotatable bonds is 5. The van der Waals surface area contributed by atoms with Crippen LogP contribution >= 0.6 is 15.9 Å². The highest BCUT2D eigenvalue weighted by Crippen LogP contribution is 2.35. The molecule has 1 aromatic carbocycles. The summed E-state index contributed by atoms with van der Waals surface area (Å²) in [6, 6.07) is 3.50. The first-order chi connectivity index (χ1) is 9.27. The molecule has 0 fully saturated rings. The monoisotopic (exact) mass is 349 g/mol. The van der Waals surface area contributed by atoms with Gasteiger partial charge in [0.15, 0.2) is 0 Å². The van der Waals surface area contributed by atoms with Crippen molar-refractivity contribution in [1.29, 1.82) is 0 Å². The molecule has 0 spiro atoms. The van der Waals surface area contributed by atoms with E-state index < -0.39 is 17.6 Å². The lowest BCUT2D eigenvalue weighted by Crippen LogP contribution is -2.28. The number of hydrogen-bond acceptors (Lipinski definition) is 1. The molecule has 1 amide bonds. The van der Waals surface area contributed by atoms with Gasteiger partial charge in [-0.2, -0.15) is 13.2 Å². The highest BCUT2D eigenvalue weighted by molar-refractivity contribution is 9.10. The Kier molecular flexibility index (Phi) is 5.80. The van der Waals surface area contributed by atoms with E-state index in [1.165, 1.54) is 17.0 Å². The summed E-state index contributed by atoms with van der Waals surface area (Å²) >= 11 is 2.85. The van der Waals surface area contributed by atoms with Crippen LogP contribution in [0.1, 0.15) is 28.8 Å². The fourth-order valence-corrected chi connectivity index (χ4v) is 2.14. The number of allylic oxidation sites excluding steroid dienone is 1. The molecule has 0 atom stereocenters. The summed E-state index contributed by atoms with van der Waals surface area (Å²) in [5.41, 5.74) is -0.815. The molecule has 1 rings (SSSR count). The third-order valence-electron chi connectivity index (χ3n) is 2.77. The topological polar surface area (TPSA) is 20.3 Å². The van der Waals surface area contributed by atoms with E-state index in [9.17, 15) is 18.0 Å². The fourth-order valence-electron chi connectivity index (χ4n) is 1.67. The SMILES string of the molecule is C=CCCCN(C)C(=O)c1ccc(Br)c(C(F)(F)F)c1. The first-order valence-electron chi connectivity index (χ1n) is 6.00. The Hall–Kier alpha value is -1.30. The molecule has 0 bridgehead atoms. The van der Waals surface area contributed by atoms with Gasteiger partial charge in [-0.15, -0.1) is 6.58 Å². The average molecular weight is 350 g/mol. The minimum Gasteiger partial charge on any atom is -0.342 e. The molecule has 0 aliphatic rings. The van der Waals surface area contributed by atoms with Gasteiger partial charge in [-0.05, 0) is 31.0 Å². The van der Waals surface area contributed by atoms with Crippen LogP contribution in [0.4, 0.5) is 13.2 Å². The minimum absolute atomic E-state index is 0.0293. The summed E-state index contributed by atoms with van der Waals surface area (Å²) in [5.74, 6) is -0.424. The Morgan fingerprint density at radius 2 is 2.10 bits per heavy atom. The van der Waals surface area contributed by atoms with E-state index in [0.717, 1.165) is 18.9 Å². The standard InChI is InChI=1S/C14H15BrF3NO/c1-3-4-5-8-19(2)13(20)10-6-7-12(15)11(9-10)14(16,17)18/h3,6-7,9H,1,4-5,8H2,2H3. The molecule has 0 heterocycles. The van der Waals surface area contributed by atoms with Crippen molar-refractivity contribution in [2.75, 3.05) is 13.6 Å². The van der Waals surface area contributed by atoms with Gasteiger partial charge in [0, 0.05) is 23.6 Å². The lowest BCUT2D eigenvalue weighted by atomic mass is 10.1. The summed E-state index contributed by atoms with van der Waals surface area (Å²) in [6.45, 7) is 4.05. The first-order valence-corrected chi connectivity index (χ1v) is 6.79. The maximum atomic E-state index is 12.8. The van der Waals surface area contributed by atoms with Gasteiger partial charge in [0.1, 0.15) is 0 Å². The molecule has 0 aliphatic carbocycles. The van der Waals surface area contributed by atoms with Crippen molar-refractivity contribution < 1.29 is 18.0 Å². The fraction of sp³-hybridized carbons (Fsp3) is 0.357. The zero-order valence-corrected chi connectivity index (χ0v) is 12.6. The molecule has 0 aliphatic heterocycles. The molecule has 0 radical (unpaired) electrons. The molecule has 2 nitrogen and oxygen atoms in total. The van der Waals surface area contributed by atoms with Crippen molar-refractivity contribution in [2.45, 2.75) is 19.0 Å². The number of carbonyl (C=O) groups excluding carboxylic acids is 1. The number of nitrogens with zero attached hydrogens (tertiary/aromatic N) is 1. The van der Waals surface area contributed by atoms with E-state index in [4.69, 9.17) is 0 Å². The van der Waals surface area contributed by atoms with Gasteiger partial charge in [-0.3, -0.25) is 4.79 Å². The van der Waals surface area contributed by atoms with E-state index in [1.54, 1.807) is 13.1 Å². The largest absolute Gasteiger partial charge is 0.417 e. The lowest BCUT2D eigenvalue weighted by molar-refractivity contribution is -0.138. The quantitative estimate of drug-likeness (QED) is 0.565. The molecule has 0 unspecified atom stereocenters. The number of unbranched alkanes of at least 4 members (excludes halogenated alkanes) is 1. The average Bonchev–Trinajstić information content (AvgIpc) is 2.37. The molecule has 0 saturated heterocycles. The predicted octanol–water partition coefficient (Wildman–Crippen LogP) is 4.51. The van der Waals surface area contributed by atoms with Crippen LogP contribution in [0.25, 0.3) is 0 Å². The molecule has 20 heavy (non-hydrogen) atoms. The van der Waals surface area contributed by atoms with Crippen LogP contribution in [-0.4, -0.2) is 24.4 Å². The van der Waals surface area contributed by atoms with Gasteiger partial charge in [-0.1, -0.05) is 22.0 Å². The van der Waals surface area contributed by atoms with Crippen molar-refractivity contribution in [3.63, 3.8) is 0 Å². The maximum absolute atomic E-state index is 12.8.